The summed E-state index contributed by atoms with van der Waals surface area (Å²) in [6, 6.07) is 7.50. The number of pyridine rings is 1. The van der Waals surface area contributed by atoms with Crippen LogP contribution in [0.15, 0.2) is 30.5 Å². The first kappa shape index (κ1) is 12.9. The molecule has 0 radical (unpaired) electrons. The number of anilines is 1. The Morgan fingerprint density at radius 1 is 1.40 bits per heavy atom. The monoisotopic (exact) mass is 272 g/mol. The average Bonchev–Trinajstić information content (AvgIpc) is 2.46. The van der Waals surface area contributed by atoms with E-state index in [1.165, 1.54) is 6.20 Å². The third kappa shape index (κ3) is 2.20. The van der Waals surface area contributed by atoms with Gasteiger partial charge in [0.2, 0.25) is 0 Å². The van der Waals surface area contributed by atoms with Crippen molar-refractivity contribution in [2.24, 2.45) is 0 Å². The number of fused-ring (bicyclic) bond motifs is 1. The van der Waals surface area contributed by atoms with Crippen molar-refractivity contribution in [3.8, 4) is 0 Å². The van der Waals surface area contributed by atoms with Crippen LogP contribution in [0.2, 0.25) is 0 Å². The van der Waals surface area contributed by atoms with E-state index in [1.54, 1.807) is 0 Å². The van der Waals surface area contributed by atoms with E-state index in [-0.39, 0.29) is 11.7 Å². The van der Waals surface area contributed by atoms with E-state index in [0.29, 0.717) is 6.61 Å². The van der Waals surface area contributed by atoms with Gasteiger partial charge in [-0.15, -0.1) is 0 Å². The van der Waals surface area contributed by atoms with E-state index in [0.717, 1.165) is 29.7 Å². The molecule has 3 rings (SSSR count). The highest BCUT2D eigenvalue weighted by molar-refractivity contribution is 6.06. The maximum absolute atomic E-state index is 11.3. The molecule has 1 unspecified atom stereocenters. The Morgan fingerprint density at radius 3 is 2.85 bits per heavy atom. The second kappa shape index (κ2) is 5.09. The van der Waals surface area contributed by atoms with E-state index >= 15 is 0 Å². The Hall–Kier alpha value is -2.14. The summed E-state index contributed by atoms with van der Waals surface area (Å²) in [6.45, 7) is 4.23. The van der Waals surface area contributed by atoms with Gasteiger partial charge in [-0.3, -0.25) is 0 Å². The fourth-order valence-corrected chi connectivity index (χ4v) is 2.61. The number of carbonyl (C=O) groups is 1. The molecule has 1 atom stereocenters. The number of carboxylic acid groups (broad SMARTS) is 1. The minimum atomic E-state index is -0.949. The molecule has 20 heavy (non-hydrogen) atoms. The van der Waals surface area contributed by atoms with Crippen LogP contribution in [-0.4, -0.2) is 41.9 Å². The van der Waals surface area contributed by atoms with Crippen molar-refractivity contribution in [1.29, 1.82) is 0 Å². The van der Waals surface area contributed by atoms with Crippen molar-refractivity contribution >= 4 is 22.6 Å². The largest absolute Gasteiger partial charge is 0.478 e. The van der Waals surface area contributed by atoms with E-state index in [1.807, 2.05) is 31.2 Å². The Balaban J connectivity index is 2.12. The molecule has 2 heterocycles. The zero-order valence-electron chi connectivity index (χ0n) is 11.2. The fraction of sp³-hybridized carbons (Fsp3) is 0.333. The van der Waals surface area contributed by atoms with Gasteiger partial charge in [0.25, 0.3) is 0 Å². The van der Waals surface area contributed by atoms with Crippen molar-refractivity contribution < 1.29 is 14.6 Å². The first-order valence-corrected chi connectivity index (χ1v) is 6.64. The molecule has 1 aromatic heterocycles. The van der Waals surface area contributed by atoms with Gasteiger partial charge >= 0.3 is 5.97 Å². The summed E-state index contributed by atoms with van der Waals surface area (Å²) in [4.78, 5) is 17.8. The Morgan fingerprint density at radius 2 is 2.15 bits per heavy atom. The van der Waals surface area contributed by atoms with Crippen molar-refractivity contribution in [1.82, 2.24) is 4.98 Å². The van der Waals surface area contributed by atoms with Crippen LogP contribution < -0.4 is 4.90 Å². The molecule has 0 bridgehead atoms. The van der Waals surface area contributed by atoms with E-state index in [4.69, 9.17) is 4.74 Å². The first-order chi connectivity index (χ1) is 9.66. The van der Waals surface area contributed by atoms with Gasteiger partial charge in [0.05, 0.1) is 18.3 Å². The smallest absolute Gasteiger partial charge is 0.337 e. The number of ether oxygens (including phenoxy) is 1. The van der Waals surface area contributed by atoms with Crippen molar-refractivity contribution in [3.63, 3.8) is 0 Å². The molecule has 0 spiro atoms. The summed E-state index contributed by atoms with van der Waals surface area (Å²) >= 11 is 0. The number of hydrogen-bond donors (Lipinski definition) is 1. The molecule has 5 heteroatoms. The number of carboxylic acids is 1. The van der Waals surface area contributed by atoms with Gasteiger partial charge in [0.1, 0.15) is 5.82 Å². The minimum Gasteiger partial charge on any atom is -0.478 e. The molecule has 104 valence electrons. The molecule has 1 aliphatic rings. The van der Waals surface area contributed by atoms with Gasteiger partial charge in [-0.25, -0.2) is 9.78 Å². The number of aromatic carboxylic acids is 1. The molecule has 0 saturated carbocycles. The average molecular weight is 272 g/mol. The predicted molar refractivity (Wildman–Crippen MR) is 76.3 cm³/mol. The van der Waals surface area contributed by atoms with Crippen LogP contribution in [0.1, 0.15) is 17.3 Å². The zero-order chi connectivity index (χ0) is 14.1. The third-order valence-corrected chi connectivity index (χ3v) is 3.55. The fourth-order valence-electron chi connectivity index (χ4n) is 2.61. The van der Waals surface area contributed by atoms with E-state index < -0.39 is 5.97 Å². The number of benzene rings is 1. The van der Waals surface area contributed by atoms with Crippen molar-refractivity contribution in [2.45, 2.75) is 13.0 Å². The summed E-state index contributed by atoms with van der Waals surface area (Å²) in [5, 5.41) is 10.9. The molecular formula is C15H16N2O3. The van der Waals surface area contributed by atoms with Gasteiger partial charge in [0.15, 0.2) is 0 Å². The zero-order valence-corrected chi connectivity index (χ0v) is 11.2. The van der Waals surface area contributed by atoms with Crippen molar-refractivity contribution in [3.05, 3.63) is 36.0 Å². The second-order valence-electron chi connectivity index (χ2n) is 4.97. The Bertz CT molecular complexity index is 657. The van der Waals surface area contributed by atoms with Gasteiger partial charge in [0, 0.05) is 30.1 Å². The standard InChI is InChI=1S/C15H16N2O3/c1-10-9-17(6-7-20-10)14-12-5-3-2-4-11(12)13(8-16-14)15(18)19/h2-5,8,10H,6-7,9H2,1H3,(H,18,19). The summed E-state index contributed by atoms with van der Waals surface area (Å²) in [5.41, 5.74) is 0.241. The molecule has 1 N–H and O–H groups in total. The highest BCUT2D eigenvalue weighted by Gasteiger charge is 2.21. The van der Waals surface area contributed by atoms with Gasteiger partial charge < -0.3 is 14.7 Å². The number of hydrogen-bond acceptors (Lipinski definition) is 4. The van der Waals surface area contributed by atoms with Crippen LogP contribution in [-0.2, 0) is 4.74 Å². The van der Waals surface area contributed by atoms with Crippen molar-refractivity contribution in [2.75, 3.05) is 24.6 Å². The van der Waals surface area contributed by atoms with Crippen LogP contribution >= 0.6 is 0 Å². The van der Waals surface area contributed by atoms with Crippen LogP contribution in [0.4, 0.5) is 5.82 Å². The lowest BCUT2D eigenvalue weighted by Gasteiger charge is -2.32. The maximum Gasteiger partial charge on any atom is 0.337 e. The SMILES string of the molecule is CC1CN(c2ncc(C(=O)O)c3ccccc23)CCO1. The van der Waals surface area contributed by atoms with Crippen LogP contribution in [0.5, 0.6) is 0 Å². The molecule has 0 aliphatic carbocycles. The minimum absolute atomic E-state index is 0.156. The summed E-state index contributed by atoms with van der Waals surface area (Å²) < 4.78 is 5.54. The Labute approximate surface area is 116 Å². The molecule has 0 amide bonds. The van der Waals surface area contributed by atoms with Crippen LogP contribution in [0.3, 0.4) is 0 Å². The normalized spacial score (nSPS) is 19.2. The molecule has 1 aromatic carbocycles. The highest BCUT2D eigenvalue weighted by Crippen LogP contribution is 2.28. The van der Waals surface area contributed by atoms with Gasteiger partial charge in [-0.1, -0.05) is 24.3 Å². The molecule has 2 aromatic rings. The number of nitrogens with zero attached hydrogens (tertiary/aromatic N) is 2. The molecular weight excluding hydrogens is 256 g/mol. The molecule has 1 fully saturated rings. The maximum atomic E-state index is 11.3. The summed E-state index contributed by atoms with van der Waals surface area (Å²) in [6.07, 6.45) is 1.60. The summed E-state index contributed by atoms with van der Waals surface area (Å²) in [7, 11) is 0. The molecule has 1 aliphatic heterocycles. The van der Waals surface area contributed by atoms with E-state index in [2.05, 4.69) is 9.88 Å². The molecule has 5 nitrogen and oxygen atoms in total. The highest BCUT2D eigenvalue weighted by atomic mass is 16.5. The molecule has 1 saturated heterocycles. The number of morpholine rings is 1. The number of rotatable bonds is 2. The third-order valence-electron chi connectivity index (χ3n) is 3.55. The topological polar surface area (TPSA) is 62.7 Å². The van der Waals surface area contributed by atoms with E-state index in [9.17, 15) is 9.90 Å². The van der Waals surface area contributed by atoms with Gasteiger partial charge in [-0.2, -0.15) is 0 Å². The van der Waals surface area contributed by atoms with Crippen LogP contribution in [0.25, 0.3) is 10.8 Å². The van der Waals surface area contributed by atoms with Gasteiger partial charge in [-0.05, 0) is 6.92 Å². The summed E-state index contributed by atoms with van der Waals surface area (Å²) in [5.74, 6) is -0.114. The lowest BCUT2D eigenvalue weighted by atomic mass is 10.1. The predicted octanol–water partition coefficient (Wildman–Crippen LogP) is 2.16. The second-order valence-corrected chi connectivity index (χ2v) is 4.97. The number of aromatic nitrogens is 1. The lowest BCUT2D eigenvalue weighted by molar-refractivity contribution is 0.0530. The Kier molecular flexibility index (Phi) is 3.28. The lowest BCUT2D eigenvalue weighted by Crippen LogP contribution is -2.41. The van der Waals surface area contributed by atoms with Crippen LogP contribution in [0, 0.1) is 0 Å². The quantitative estimate of drug-likeness (QED) is 0.907. The first-order valence-electron chi connectivity index (χ1n) is 6.64.